The van der Waals surface area contributed by atoms with Gasteiger partial charge in [0.1, 0.15) is 5.75 Å². The van der Waals surface area contributed by atoms with E-state index in [9.17, 15) is 9.59 Å². The van der Waals surface area contributed by atoms with Crippen LogP contribution in [0.5, 0.6) is 5.75 Å². The van der Waals surface area contributed by atoms with E-state index in [4.69, 9.17) is 9.84 Å². The summed E-state index contributed by atoms with van der Waals surface area (Å²) in [5.74, 6) is -0.443. The molecule has 120 valence electrons. The fraction of sp³-hybridized carbons (Fsp3) is 0.529. The summed E-state index contributed by atoms with van der Waals surface area (Å²) in [6.07, 6.45) is 1.74. The molecule has 1 aromatic carbocycles. The molecule has 1 amide bonds. The van der Waals surface area contributed by atoms with E-state index in [2.05, 4.69) is 0 Å². The SMILES string of the molecule is CCN(Cc1ccc(OC)cc1)C(=O)[C@@H]1CC[C@H](C(=O)O)C1. The maximum Gasteiger partial charge on any atom is 0.306 e. The highest BCUT2D eigenvalue weighted by Crippen LogP contribution is 2.32. The molecule has 0 radical (unpaired) electrons. The Hall–Kier alpha value is -2.04. The Labute approximate surface area is 130 Å². The average molecular weight is 305 g/mol. The van der Waals surface area contributed by atoms with E-state index in [1.807, 2.05) is 31.2 Å². The Morgan fingerprint density at radius 1 is 1.23 bits per heavy atom. The number of nitrogens with zero attached hydrogens (tertiary/aromatic N) is 1. The minimum Gasteiger partial charge on any atom is -0.497 e. The Kier molecular flexibility index (Phi) is 5.41. The molecule has 0 saturated heterocycles. The van der Waals surface area contributed by atoms with Crippen LogP contribution in [-0.2, 0) is 16.1 Å². The lowest BCUT2D eigenvalue weighted by Crippen LogP contribution is -2.35. The fourth-order valence-electron chi connectivity index (χ4n) is 2.99. The second-order valence-corrected chi connectivity index (χ2v) is 5.75. The fourth-order valence-corrected chi connectivity index (χ4v) is 2.99. The van der Waals surface area contributed by atoms with Gasteiger partial charge in [-0.2, -0.15) is 0 Å². The van der Waals surface area contributed by atoms with Crippen molar-refractivity contribution in [3.05, 3.63) is 29.8 Å². The van der Waals surface area contributed by atoms with Crippen LogP contribution < -0.4 is 4.74 Å². The summed E-state index contributed by atoms with van der Waals surface area (Å²) in [4.78, 5) is 25.4. The molecule has 0 spiro atoms. The van der Waals surface area contributed by atoms with Gasteiger partial charge >= 0.3 is 5.97 Å². The molecule has 2 atom stereocenters. The first-order valence-electron chi connectivity index (χ1n) is 7.69. The molecular formula is C17H23NO4. The van der Waals surface area contributed by atoms with Gasteiger partial charge in [0.25, 0.3) is 0 Å². The van der Waals surface area contributed by atoms with Crippen molar-refractivity contribution in [1.29, 1.82) is 0 Å². The van der Waals surface area contributed by atoms with Crippen molar-refractivity contribution in [3.8, 4) is 5.75 Å². The maximum atomic E-state index is 12.6. The van der Waals surface area contributed by atoms with Crippen LogP contribution in [0.15, 0.2) is 24.3 Å². The first-order chi connectivity index (χ1) is 10.5. The van der Waals surface area contributed by atoms with Gasteiger partial charge in [-0.3, -0.25) is 9.59 Å². The molecule has 1 aliphatic rings. The van der Waals surface area contributed by atoms with Gasteiger partial charge in [0.15, 0.2) is 0 Å². The second-order valence-electron chi connectivity index (χ2n) is 5.75. The van der Waals surface area contributed by atoms with E-state index in [1.165, 1.54) is 0 Å². The number of carboxylic acid groups (broad SMARTS) is 1. The summed E-state index contributed by atoms with van der Waals surface area (Å²) in [5.41, 5.74) is 1.05. The first kappa shape index (κ1) is 16.3. The number of hydrogen-bond acceptors (Lipinski definition) is 3. The van der Waals surface area contributed by atoms with Gasteiger partial charge in [0.2, 0.25) is 5.91 Å². The summed E-state index contributed by atoms with van der Waals surface area (Å²) >= 11 is 0. The number of rotatable bonds is 6. The third-order valence-electron chi connectivity index (χ3n) is 4.36. The lowest BCUT2D eigenvalue weighted by Gasteiger charge is -2.24. The Balaban J connectivity index is 1.98. The number of carbonyl (C=O) groups is 2. The number of ether oxygens (including phenoxy) is 1. The molecule has 0 heterocycles. The molecule has 22 heavy (non-hydrogen) atoms. The van der Waals surface area contributed by atoms with E-state index < -0.39 is 5.97 Å². The predicted molar refractivity (Wildman–Crippen MR) is 82.6 cm³/mol. The number of benzene rings is 1. The largest absolute Gasteiger partial charge is 0.497 e. The summed E-state index contributed by atoms with van der Waals surface area (Å²) in [6, 6.07) is 7.65. The molecule has 1 aliphatic carbocycles. The van der Waals surface area contributed by atoms with Crippen molar-refractivity contribution in [2.45, 2.75) is 32.7 Å². The molecule has 1 N–H and O–H groups in total. The van der Waals surface area contributed by atoms with Crippen LogP contribution in [0.2, 0.25) is 0 Å². The van der Waals surface area contributed by atoms with Crippen LogP contribution in [0, 0.1) is 11.8 Å². The molecule has 1 fully saturated rings. The summed E-state index contributed by atoms with van der Waals surface area (Å²) in [6.45, 7) is 3.12. The summed E-state index contributed by atoms with van der Waals surface area (Å²) in [7, 11) is 1.62. The normalized spacial score (nSPS) is 20.6. The summed E-state index contributed by atoms with van der Waals surface area (Å²) < 4.78 is 5.13. The molecule has 1 saturated carbocycles. The Morgan fingerprint density at radius 3 is 2.36 bits per heavy atom. The monoisotopic (exact) mass is 305 g/mol. The van der Waals surface area contributed by atoms with Crippen molar-refractivity contribution < 1.29 is 19.4 Å². The van der Waals surface area contributed by atoms with Gasteiger partial charge in [0.05, 0.1) is 13.0 Å². The first-order valence-corrected chi connectivity index (χ1v) is 7.69. The average Bonchev–Trinajstić information content (AvgIpc) is 3.02. The van der Waals surface area contributed by atoms with Gasteiger partial charge in [-0.15, -0.1) is 0 Å². The van der Waals surface area contributed by atoms with Crippen LogP contribution in [0.1, 0.15) is 31.7 Å². The summed E-state index contributed by atoms with van der Waals surface area (Å²) in [5, 5.41) is 9.06. The van der Waals surface area contributed by atoms with Gasteiger partial charge in [0, 0.05) is 19.0 Å². The van der Waals surface area contributed by atoms with E-state index >= 15 is 0 Å². The molecule has 5 nitrogen and oxygen atoms in total. The molecular weight excluding hydrogens is 282 g/mol. The number of carboxylic acids is 1. The molecule has 2 rings (SSSR count). The highest BCUT2D eigenvalue weighted by molar-refractivity contribution is 5.81. The Bertz CT molecular complexity index is 526. The number of aliphatic carboxylic acids is 1. The van der Waals surface area contributed by atoms with E-state index in [-0.39, 0.29) is 17.7 Å². The third kappa shape index (κ3) is 3.78. The van der Waals surface area contributed by atoms with E-state index in [0.717, 1.165) is 11.3 Å². The maximum absolute atomic E-state index is 12.6. The molecule has 0 aromatic heterocycles. The molecule has 0 unspecified atom stereocenters. The molecule has 0 aliphatic heterocycles. The van der Waals surface area contributed by atoms with Gasteiger partial charge in [-0.25, -0.2) is 0 Å². The highest BCUT2D eigenvalue weighted by atomic mass is 16.5. The number of methoxy groups -OCH3 is 1. The van der Waals surface area contributed by atoms with Crippen LogP contribution in [0.4, 0.5) is 0 Å². The van der Waals surface area contributed by atoms with Crippen molar-refractivity contribution >= 4 is 11.9 Å². The number of amides is 1. The van der Waals surface area contributed by atoms with E-state index in [0.29, 0.717) is 32.4 Å². The van der Waals surface area contributed by atoms with E-state index in [1.54, 1.807) is 12.0 Å². The van der Waals surface area contributed by atoms with Crippen molar-refractivity contribution in [2.75, 3.05) is 13.7 Å². The minimum atomic E-state index is -0.784. The van der Waals surface area contributed by atoms with Crippen molar-refractivity contribution in [2.24, 2.45) is 11.8 Å². The van der Waals surface area contributed by atoms with Crippen molar-refractivity contribution in [3.63, 3.8) is 0 Å². The second kappa shape index (κ2) is 7.29. The molecule has 5 heteroatoms. The number of hydrogen-bond donors (Lipinski definition) is 1. The standard InChI is InChI=1S/C17H23NO4/c1-3-18(11-12-4-8-15(22-2)9-5-12)16(19)13-6-7-14(10-13)17(20)21/h4-5,8-9,13-14H,3,6-7,10-11H2,1-2H3,(H,20,21)/t13-,14+/m1/s1. The zero-order valence-electron chi connectivity index (χ0n) is 13.1. The van der Waals surface area contributed by atoms with Crippen LogP contribution >= 0.6 is 0 Å². The minimum absolute atomic E-state index is 0.0714. The zero-order chi connectivity index (χ0) is 16.1. The Morgan fingerprint density at radius 2 is 1.86 bits per heavy atom. The van der Waals surface area contributed by atoms with Gasteiger partial charge < -0.3 is 14.7 Å². The smallest absolute Gasteiger partial charge is 0.306 e. The third-order valence-corrected chi connectivity index (χ3v) is 4.36. The molecule has 0 bridgehead atoms. The predicted octanol–water partition coefficient (Wildman–Crippen LogP) is 2.54. The number of carbonyl (C=O) groups excluding carboxylic acids is 1. The van der Waals surface area contributed by atoms with Gasteiger partial charge in [-0.1, -0.05) is 12.1 Å². The molecule has 1 aromatic rings. The lowest BCUT2D eigenvalue weighted by molar-refractivity contribution is -0.141. The van der Waals surface area contributed by atoms with Crippen LogP contribution in [0.25, 0.3) is 0 Å². The lowest BCUT2D eigenvalue weighted by atomic mass is 10.0. The highest BCUT2D eigenvalue weighted by Gasteiger charge is 2.35. The quantitative estimate of drug-likeness (QED) is 0.877. The van der Waals surface area contributed by atoms with Gasteiger partial charge in [-0.05, 0) is 43.9 Å². The van der Waals surface area contributed by atoms with Crippen LogP contribution in [-0.4, -0.2) is 35.5 Å². The van der Waals surface area contributed by atoms with Crippen LogP contribution in [0.3, 0.4) is 0 Å². The zero-order valence-corrected chi connectivity index (χ0v) is 13.1. The van der Waals surface area contributed by atoms with Crippen molar-refractivity contribution in [1.82, 2.24) is 4.90 Å². The topological polar surface area (TPSA) is 66.8 Å².